The predicted octanol–water partition coefficient (Wildman–Crippen LogP) is 3.35. The molecule has 5 nitrogen and oxygen atoms in total. The number of hydrogen-bond donors (Lipinski definition) is 1. The van der Waals surface area contributed by atoms with Gasteiger partial charge in [-0.25, -0.2) is 9.97 Å². The first-order chi connectivity index (χ1) is 10.2. The molecule has 3 rings (SSSR count). The SMILES string of the molecule is COc1cccc2c(NCc3nccn3C)ncc(Br)c12. The molecule has 0 unspecified atom stereocenters. The van der Waals surface area contributed by atoms with E-state index in [1.807, 2.05) is 36.0 Å². The second kappa shape index (κ2) is 5.73. The van der Waals surface area contributed by atoms with Gasteiger partial charge in [-0.3, -0.25) is 0 Å². The van der Waals surface area contributed by atoms with Gasteiger partial charge in [0.25, 0.3) is 0 Å². The zero-order valence-electron chi connectivity index (χ0n) is 11.8. The number of ether oxygens (including phenoxy) is 1. The van der Waals surface area contributed by atoms with Gasteiger partial charge in [0.2, 0.25) is 0 Å². The molecule has 0 atom stereocenters. The van der Waals surface area contributed by atoms with Gasteiger partial charge in [0.05, 0.1) is 13.7 Å². The highest BCUT2D eigenvalue weighted by Gasteiger charge is 2.11. The molecule has 2 aromatic heterocycles. The number of nitrogens with zero attached hydrogens (tertiary/aromatic N) is 3. The Morgan fingerprint density at radius 3 is 2.90 bits per heavy atom. The van der Waals surface area contributed by atoms with Crippen LogP contribution < -0.4 is 10.1 Å². The molecule has 0 saturated heterocycles. The fourth-order valence-corrected chi connectivity index (χ4v) is 2.78. The number of nitrogens with one attached hydrogen (secondary N) is 1. The third-order valence-corrected chi connectivity index (χ3v) is 3.98. The number of halogens is 1. The average molecular weight is 347 g/mol. The molecule has 21 heavy (non-hydrogen) atoms. The summed E-state index contributed by atoms with van der Waals surface area (Å²) in [6.07, 6.45) is 5.49. The van der Waals surface area contributed by atoms with E-state index in [1.54, 1.807) is 19.5 Å². The van der Waals surface area contributed by atoms with Gasteiger partial charge >= 0.3 is 0 Å². The minimum atomic E-state index is 0.616. The Labute approximate surface area is 131 Å². The highest BCUT2D eigenvalue weighted by Crippen LogP contribution is 2.35. The van der Waals surface area contributed by atoms with Crippen molar-refractivity contribution in [3.8, 4) is 5.75 Å². The van der Waals surface area contributed by atoms with Gasteiger partial charge in [-0.2, -0.15) is 0 Å². The number of benzene rings is 1. The first-order valence-electron chi connectivity index (χ1n) is 6.52. The molecule has 0 bridgehead atoms. The summed E-state index contributed by atoms with van der Waals surface area (Å²) in [5.41, 5.74) is 0. The van der Waals surface area contributed by atoms with Gasteiger partial charge in [0, 0.05) is 40.9 Å². The van der Waals surface area contributed by atoms with Crippen LogP contribution in [0, 0.1) is 0 Å². The lowest BCUT2D eigenvalue weighted by molar-refractivity contribution is 0.419. The molecule has 0 spiro atoms. The van der Waals surface area contributed by atoms with E-state index >= 15 is 0 Å². The fraction of sp³-hybridized carbons (Fsp3) is 0.200. The fourth-order valence-electron chi connectivity index (χ4n) is 2.27. The van der Waals surface area contributed by atoms with Crippen molar-refractivity contribution in [3.05, 3.63) is 47.1 Å². The molecular weight excluding hydrogens is 332 g/mol. The van der Waals surface area contributed by atoms with Crippen molar-refractivity contribution in [3.63, 3.8) is 0 Å². The van der Waals surface area contributed by atoms with Crippen LogP contribution in [-0.4, -0.2) is 21.6 Å². The van der Waals surface area contributed by atoms with Crippen LogP contribution in [0.25, 0.3) is 10.8 Å². The Kier molecular flexibility index (Phi) is 3.79. The number of methoxy groups -OCH3 is 1. The summed E-state index contributed by atoms with van der Waals surface area (Å²) >= 11 is 3.54. The number of aryl methyl sites for hydroxylation is 1. The maximum absolute atomic E-state index is 5.43. The molecular formula is C15H15BrN4O. The first-order valence-corrected chi connectivity index (χ1v) is 7.31. The minimum Gasteiger partial charge on any atom is -0.496 e. The molecule has 6 heteroatoms. The topological polar surface area (TPSA) is 52.0 Å². The predicted molar refractivity (Wildman–Crippen MR) is 86.5 cm³/mol. The Hall–Kier alpha value is -2.08. The first kappa shape index (κ1) is 13.9. The van der Waals surface area contributed by atoms with Gasteiger partial charge in [-0.1, -0.05) is 12.1 Å². The summed E-state index contributed by atoms with van der Waals surface area (Å²) in [5.74, 6) is 2.59. The third-order valence-electron chi connectivity index (χ3n) is 3.38. The molecule has 0 saturated carbocycles. The Bertz CT molecular complexity index is 784. The van der Waals surface area contributed by atoms with E-state index in [2.05, 4.69) is 31.2 Å². The summed E-state index contributed by atoms with van der Waals surface area (Å²) in [7, 11) is 3.64. The molecule has 0 aliphatic heterocycles. The second-order valence-corrected chi connectivity index (χ2v) is 5.50. The summed E-state index contributed by atoms with van der Waals surface area (Å²) in [6.45, 7) is 0.616. The van der Waals surface area contributed by atoms with E-state index < -0.39 is 0 Å². The molecule has 108 valence electrons. The number of imidazole rings is 1. The van der Waals surface area contributed by atoms with Crippen molar-refractivity contribution in [2.75, 3.05) is 12.4 Å². The van der Waals surface area contributed by atoms with Gasteiger partial charge in [0.15, 0.2) is 0 Å². The molecule has 1 N–H and O–H groups in total. The molecule has 1 aromatic carbocycles. The molecule has 0 radical (unpaired) electrons. The lowest BCUT2D eigenvalue weighted by Crippen LogP contribution is -2.07. The monoisotopic (exact) mass is 346 g/mol. The zero-order valence-corrected chi connectivity index (χ0v) is 13.4. The Morgan fingerprint density at radius 2 is 2.19 bits per heavy atom. The van der Waals surface area contributed by atoms with Crippen LogP contribution in [0.15, 0.2) is 41.3 Å². The molecule has 0 aliphatic carbocycles. The van der Waals surface area contributed by atoms with Crippen molar-refractivity contribution in [2.45, 2.75) is 6.54 Å². The summed E-state index contributed by atoms with van der Waals surface area (Å²) in [5, 5.41) is 5.36. The zero-order chi connectivity index (χ0) is 14.8. The van der Waals surface area contributed by atoms with E-state index in [9.17, 15) is 0 Å². The van der Waals surface area contributed by atoms with Gasteiger partial charge in [-0.15, -0.1) is 0 Å². The smallest absolute Gasteiger partial charge is 0.134 e. The highest BCUT2D eigenvalue weighted by atomic mass is 79.9. The second-order valence-electron chi connectivity index (χ2n) is 4.65. The molecule has 2 heterocycles. The van der Waals surface area contributed by atoms with E-state index in [4.69, 9.17) is 4.74 Å². The van der Waals surface area contributed by atoms with Crippen molar-refractivity contribution < 1.29 is 4.74 Å². The van der Waals surface area contributed by atoms with Crippen molar-refractivity contribution in [1.29, 1.82) is 0 Å². The standard InChI is InChI=1S/C15H15BrN4O/c1-20-7-6-17-13(20)9-19-15-10-4-3-5-12(21-2)14(10)11(16)8-18-15/h3-8H,9H2,1-2H3,(H,18,19). The minimum absolute atomic E-state index is 0.616. The van der Waals surface area contributed by atoms with Crippen LogP contribution >= 0.6 is 15.9 Å². The number of rotatable bonds is 4. The lowest BCUT2D eigenvalue weighted by atomic mass is 10.1. The molecule has 3 aromatic rings. The Morgan fingerprint density at radius 1 is 1.33 bits per heavy atom. The van der Waals surface area contributed by atoms with Crippen molar-refractivity contribution in [1.82, 2.24) is 14.5 Å². The van der Waals surface area contributed by atoms with Crippen LogP contribution in [0.2, 0.25) is 0 Å². The van der Waals surface area contributed by atoms with Crippen molar-refractivity contribution in [2.24, 2.45) is 7.05 Å². The molecule has 0 aliphatic rings. The van der Waals surface area contributed by atoms with Crippen molar-refractivity contribution >= 4 is 32.5 Å². The molecule has 0 amide bonds. The van der Waals surface area contributed by atoms with E-state index in [-0.39, 0.29) is 0 Å². The van der Waals surface area contributed by atoms with Gasteiger partial charge < -0.3 is 14.6 Å². The van der Waals surface area contributed by atoms with Gasteiger partial charge in [0.1, 0.15) is 17.4 Å². The Balaban J connectivity index is 2.00. The largest absolute Gasteiger partial charge is 0.496 e. The maximum Gasteiger partial charge on any atom is 0.134 e. The number of hydrogen-bond acceptors (Lipinski definition) is 4. The quantitative estimate of drug-likeness (QED) is 0.786. The number of anilines is 1. The number of aromatic nitrogens is 3. The lowest BCUT2D eigenvalue weighted by Gasteiger charge is -2.12. The number of pyridine rings is 1. The average Bonchev–Trinajstić information content (AvgIpc) is 2.91. The normalized spacial score (nSPS) is 10.8. The summed E-state index contributed by atoms with van der Waals surface area (Å²) in [6, 6.07) is 5.92. The van der Waals surface area contributed by atoms with Crippen LogP contribution in [0.4, 0.5) is 5.82 Å². The van der Waals surface area contributed by atoms with Crippen LogP contribution in [-0.2, 0) is 13.6 Å². The maximum atomic E-state index is 5.43. The number of fused-ring (bicyclic) bond motifs is 1. The van der Waals surface area contributed by atoms with E-state index in [0.29, 0.717) is 6.54 Å². The summed E-state index contributed by atoms with van der Waals surface area (Å²) < 4.78 is 8.33. The van der Waals surface area contributed by atoms with E-state index in [1.165, 1.54) is 0 Å². The van der Waals surface area contributed by atoms with Crippen LogP contribution in [0.1, 0.15) is 5.82 Å². The van der Waals surface area contributed by atoms with E-state index in [0.717, 1.165) is 32.6 Å². The molecule has 0 fully saturated rings. The van der Waals surface area contributed by atoms with Crippen LogP contribution in [0.3, 0.4) is 0 Å². The summed E-state index contributed by atoms with van der Waals surface area (Å²) in [4.78, 5) is 8.76. The van der Waals surface area contributed by atoms with Gasteiger partial charge in [-0.05, 0) is 22.0 Å². The highest BCUT2D eigenvalue weighted by molar-refractivity contribution is 9.10. The third kappa shape index (κ3) is 2.58. The van der Waals surface area contributed by atoms with Crippen LogP contribution in [0.5, 0.6) is 5.75 Å².